The van der Waals surface area contributed by atoms with Gasteiger partial charge in [-0.15, -0.1) is 11.6 Å². The number of nitrogens with one attached hydrogen (secondary N) is 2. The van der Waals surface area contributed by atoms with E-state index in [0.29, 0.717) is 23.7 Å². The Labute approximate surface area is 224 Å². The van der Waals surface area contributed by atoms with Crippen molar-refractivity contribution in [2.45, 2.75) is 133 Å². The maximum absolute atomic E-state index is 13.8. The zero-order chi connectivity index (χ0) is 25.2. The van der Waals surface area contributed by atoms with Crippen molar-refractivity contribution < 1.29 is 4.79 Å². The summed E-state index contributed by atoms with van der Waals surface area (Å²) in [6.07, 6.45) is 20.0. The van der Waals surface area contributed by atoms with E-state index in [1.807, 2.05) is 0 Å². The first-order valence-corrected chi connectivity index (χ1v) is 15.9. The Morgan fingerprint density at radius 3 is 2.25 bits per heavy atom. The fourth-order valence-electron chi connectivity index (χ4n) is 8.81. The molecule has 5 rings (SSSR count). The average Bonchev–Trinajstić information content (AvgIpc) is 3.17. The van der Waals surface area contributed by atoms with Crippen molar-refractivity contribution in [1.82, 2.24) is 10.2 Å². The molecule has 4 saturated carbocycles. The minimum atomic E-state index is -0.234. The number of carbonyl (C=O) groups excluding carboxylic acids is 1. The highest BCUT2D eigenvalue weighted by molar-refractivity contribution is 6.23. The summed E-state index contributed by atoms with van der Waals surface area (Å²) in [6.45, 7) is 3.32. The van der Waals surface area contributed by atoms with Gasteiger partial charge in [-0.1, -0.05) is 39.0 Å². The molecule has 36 heavy (non-hydrogen) atoms. The van der Waals surface area contributed by atoms with Crippen molar-refractivity contribution in [3.63, 3.8) is 0 Å². The van der Waals surface area contributed by atoms with E-state index in [1.54, 1.807) is 0 Å². The van der Waals surface area contributed by atoms with E-state index >= 15 is 0 Å². The maximum atomic E-state index is 13.8. The van der Waals surface area contributed by atoms with Crippen molar-refractivity contribution in [2.75, 3.05) is 6.54 Å². The molecule has 0 spiro atoms. The lowest BCUT2D eigenvalue weighted by Gasteiger charge is -2.41. The van der Waals surface area contributed by atoms with Gasteiger partial charge < -0.3 is 11.1 Å². The maximum Gasteiger partial charge on any atom is 0.239 e. The number of carbonyl (C=O) groups is 1. The zero-order valence-corrected chi connectivity index (χ0v) is 23.4. The summed E-state index contributed by atoms with van der Waals surface area (Å²) in [6, 6.07) is 0.356. The first-order valence-electron chi connectivity index (χ1n) is 15.4. The second-order valence-electron chi connectivity index (χ2n) is 13.4. The van der Waals surface area contributed by atoms with Gasteiger partial charge in [0.05, 0.1) is 11.2 Å². The summed E-state index contributed by atoms with van der Waals surface area (Å²) in [4.78, 5) is 16.3. The van der Waals surface area contributed by atoms with Crippen LogP contribution in [0.3, 0.4) is 0 Å². The molecule has 1 saturated heterocycles. The van der Waals surface area contributed by atoms with Crippen molar-refractivity contribution in [3.8, 4) is 0 Å². The van der Waals surface area contributed by atoms with Crippen LogP contribution in [0.15, 0.2) is 0 Å². The lowest BCUT2D eigenvalue weighted by molar-refractivity contribution is -0.127. The molecule has 6 heteroatoms. The van der Waals surface area contributed by atoms with Crippen LogP contribution in [0.2, 0.25) is 0 Å². The molecule has 0 aromatic carbocycles. The summed E-state index contributed by atoms with van der Waals surface area (Å²) in [5.41, 5.74) is 5.98. The third-order valence-corrected chi connectivity index (χ3v) is 11.7. The van der Waals surface area contributed by atoms with Gasteiger partial charge in [0.25, 0.3) is 0 Å². The van der Waals surface area contributed by atoms with Crippen molar-refractivity contribution in [1.29, 1.82) is 5.41 Å². The number of rotatable bonds is 6. The van der Waals surface area contributed by atoms with E-state index in [2.05, 4.69) is 17.1 Å². The quantitative estimate of drug-likeness (QED) is 0.226. The molecule has 0 radical (unpaired) electrons. The second-order valence-corrected chi connectivity index (χ2v) is 13.9. The van der Waals surface area contributed by atoms with Gasteiger partial charge in [0.2, 0.25) is 5.91 Å². The molecule has 204 valence electrons. The van der Waals surface area contributed by atoms with Gasteiger partial charge in [-0.3, -0.25) is 15.1 Å². The highest BCUT2D eigenvalue weighted by atomic mass is 35.5. The number of hydrogen-bond acceptors (Lipinski definition) is 3. The summed E-state index contributed by atoms with van der Waals surface area (Å²) in [5, 5.41) is 11.4. The third kappa shape index (κ3) is 5.92. The third-order valence-electron chi connectivity index (χ3n) is 11.1. The van der Waals surface area contributed by atoms with Crippen LogP contribution >= 0.6 is 11.6 Å². The second kappa shape index (κ2) is 11.9. The Balaban J connectivity index is 1.26. The Morgan fingerprint density at radius 1 is 0.917 bits per heavy atom. The SMILES string of the molecule is CC1CCC(NC(=O)C2C(Cl)C3CCC(C(=N)N)CC3N2CC2CCC(C3CCCCC3)CC2)CC1. The van der Waals surface area contributed by atoms with Crippen molar-refractivity contribution in [2.24, 2.45) is 41.2 Å². The normalized spacial score (nSPS) is 42.6. The highest BCUT2D eigenvalue weighted by Crippen LogP contribution is 2.46. The number of amidine groups is 1. The van der Waals surface area contributed by atoms with Gasteiger partial charge in [-0.25, -0.2) is 0 Å². The Morgan fingerprint density at radius 2 is 1.58 bits per heavy atom. The molecule has 4 aliphatic carbocycles. The van der Waals surface area contributed by atoms with E-state index in [4.69, 9.17) is 22.7 Å². The van der Waals surface area contributed by atoms with E-state index in [9.17, 15) is 4.79 Å². The van der Waals surface area contributed by atoms with Crippen LogP contribution in [-0.4, -0.2) is 46.7 Å². The molecule has 1 aliphatic heterocycles. The Bertz CT molecular complexity index is 754. The van der Waals surface area contributed by atoms with Gasteiger partial charge in [-0.05, 0) is 100 Å². The van der Waals surface area contributed by atoms with Gasteiger partial charge in [0.15, 0.2) is 0 Å². The fourth-order valence-corrected chi connectivity index (χ4v) is 9.36. The summed E-state index contributed by atoms with van der Waals surface area (Å²) in [7, 11) is 0. The largest absolute Gasteiger partial charge is 0.387 e. The van der Waals surface area contributed by atoms with Crippen LogP contribution in [0.5, 0.6) is 0 Å². The number of halogens is 1. The molecule has 5 unspecified atom stereocenters. The fraction of sp³-hybridized carbons (Fsp3) is 0.933. The van der Waals surface area contributed by atoms with E-state index in [0.717, 1.165) is 56.4 Å². The number of hydrogen-bond donors (Lipinski definition) is 3. The molecule has 1 amide bonds. The van der Waals surface area contributed by atoms with Gasteiger partial charge in [0.1, 0.15) is 6.04 Å². The standard InChI is InChI=1S/C30H51ClN4O/c1-19-7-14-24(15-8-19)34-30(36)28-27(31)25-16-13-23(29(32)33)17-26(25)35(28)18-20-9-11-22(12-10-20)21-5-3-2-4-6-21/h19-28H,2-18H2,1H3,(H3,32,33)(H,34,36). The predicted octanol–water partition coefficient (Wildman–Crippen LogP) is 6.08. The summed E-state index contributed by atoms with van der Waals surface area (Å²) < 4.78 is 0. The number of fused-ring (bicyclic) bond motifs is 1. The highest BCUT2D eigenvalue weighted by Gasteiger charge is 2.53. The predicted molar refractivity (Wildman–Crippen MR) is 148 cm³/mol. The Hall–Kier alpha value is -0.810. The summed E-state index contributed by atoms with van der Waals surface area (Å²) >= 11 is 7.16. The number of amides is 1. The lowest BCUT2D eigenvalue weighted by atomic mass is 9.71. The molecule has 0 aromatic heterocycles. The van der Waals surface area contributed by atoms with Crippen LogP contribution in [-0.2, 0) is 4.79 Å². The van der Waals surface area contributed by atoms with E-state index in [1.165, 1.54) is 70.6 Å². The van der Waals surface area contributed by atoms with Gasteiger partial charge in [-0.2, -0.15) is 0 Å². The van der Waals surface area contributed by atoms with E-state index < -0.39 is 0 Å². The Kier molecular flexibility index (Phi) is 8.87. The monoisotopic (exact) mass is 518 g/mol. The lowest BCUT2D eigenvalue weighted by Crippen LogP contribution is -2.53. The molecular formula is C30H51ClN4O. The van der Waals surface area contributed by atoms with Crippen LogP contribution in [0.4, 0.5) is 0 Å². The number of likely N-dealkylation sites (tertiary alicyclic amines) is 1. The van der Waals surface area contributed by atoms with Crippen molar-refractivity contribution in [3.05, 3.63) is 0 Å². The minimum absolute atomic E-state index is 0.135. The molecule has 5 aliphatic rings. The molecule has 1 heterocycles. The van der Waals surface area contributed by atoms with Gasteiger partial charge >= 0.3 is 0 Å². The summed E-state index contributed by atoms with van der Waals surface area (Å²) in [5.74, 6) is 4.29. The molecule has 0 bridgehead atoms. The number of alkyl halides is 1. The average molecular weight is 519 g/mol. The molecule has 4 N–H and O–H groups in total. The van der Waals surface area contributed by atoms with Crippen LogP contribution in [0.1, 0.15) is 110 Å². The number of nitrogens with zero attached hydrogens (tertiary/aromatic N) is 1. The first kappa shape index (κ1) is 26.8. The molecule has 5 nitrogen and oxygen atoms in total. The smallest absolute Gasteiger partial charge is 0.239 e. The van der Waals surface area contributed by atoms with Crippen LogP contribution in [0.25, 0.3) is 0 Å². The zero-order valence-electron chi connectivity index (χ0n) is 22.6. The minimum Gasteiger partial charge on any atom is -0.387 e. The molecular weight excluding hydrogens is 468 g/mol. The molecule has 0 aromatic rings. The van der Waals surface area contributed by atoms with Crippen molar-refractivity contribution >= 4 is 23.3 Å². The molecule has 5 fully saturated rings. The van der Waals surface area contributed by atoms with Gasteiger partial charge in [0, 0.05) is 24.5 Å². The van der Waals surface area contributed by atoms with Crippen LogP contribution in [0, 0.1) is 40.9 Å². The topological polar surface area (TPSA) is 82.2 Å². The van der Waals surface area contributed by atoms with Crippen LogP contribution < -0.4 is 11.1 Å². The van der Waals surface area contributed by atoms with E-state index in [-0.39, 0.29) is 29.3 Å². The first-order chi connectivity index (χ1) is 17.4. The number of nitrogens with two attached hydrogens (primary N) is 1. The molecule has 5 atom stereocenters.